The highest BCUT2D eigenvalue weighted by molar-refractivity contribution is 5.92. The molecule has 6 nitrogen and oxygen atoms in total. The van der Waals surface area contributed by atoms with Crippen LogP contribution in [0.25, 0.3) is 11.1 Å². The summed E-state index contributed by atoms with van der Waals surface area (Å²) in [5, 5.41) is 4.67. The molecular weight excluding hydrogens is 528 g/mol. The van der Waals surface area contributed by atoms with Gasteiger partial charge in [-0.15, -0.1) is 0 Å². The minimum Gasteiger partial charge on any atom is -0.496 e. The van der Waals surface area contributed by atoms with E-state index in [1.807, 2.05) is 24.3 Å². The molecule has 2 saturated heterocycles. The van der Waals surface area contributed by atoms with Crippen LogP contribution in [0.4, 0.5) is 0 Å². The first-order valence-electron chi connectivity index (χ1n) is 14.2. The van der Waals surface area contributed by atoms with Crippen LogP contribution in [0.5, 0.6) is 23.0 Å². The topological polar surface area (TPSA) is 55.4 Å². The maximum atomic E-state index is 6.97. The summed E-state index contributed by atoms with van der Waals surface area (Å²) in [6.07, 6.45) is -1.29. The Morgan fingerprint density at radius 1 is 0.381 bits per heavy atom. The third kappa shape index (κ3) is 2.77. The van der Waals surface area contributed by atoms with Gasteiger partial charge < -0.3 is 28.4 Å². The van der Waals surface area contributed by atoms with Gasteiger partial charge >= 0.3 is 0 Å². The van der Waals surface area contributed by atoms with E-state index in [1.165, 1.54) is 10.4 Å². The minimum absolute atomic E-state index is 0.309. The maximum Gasteiger partial charge on any atom is 0.125 e. The van der Waals surface area contributed by atoms with Crippen LogP contribution in [0.2, 0.25) is 0 Å². The Hall–Kier alpha value is -4.52. The predicted octanol–water partition coefficient (Wildman–Crippen LogP) is 5.27. The van der Waals surface area contributed by atoms with Crippen LogP contribution in [0.1, 0.15) is 46.7 Å². The van der Waals surface area contributed by atoms with Gasteiger partial charge in [-0.3, -0.25) is 0 Å². The van der Waals surface area contributed by atoms with Gasteiger partial charge in [0.2, 0.25) is 0 Å². The molecule has 1 aliphatic carbocycles. The molecule has 4 aromatic rings. The van der Waals surface area contributed by atoms with Crippen LogP contribution in [0.15, 0.2) is 83.9 Å². The molecule has 6 heteroatoms. The standard InChI is InChI=1S/C36H28O6/c1-37-21-13-15-23(39-3)29-27(21)33-25-19-11-7-5-9-17(19)18-10-6-8-12-20(18)26-32(31(25)35(29)41-33)36-30-24(40-4)16-14-22(38-2)28(30)34(26)42-36/h5-16,33-36H,1-4H3/b18-17-,25-19+,26-20+,32-31-. The molecule has 4 aromatic carbocycles. The number of fused-ring (bicyclic) bond motifs is 18. The summed E-state index contributed by atoms with van der Waals surface area (Å²) in [5.74, 6) is 3.21. The molecule has 208 valence electrons. The van der Waals surface area contributed by atoms with Crippen molar-refractivity contribution < 1.29 is 28.4 Å². The van der Waals surface area contributed by atoms with Gasteiger partial charge in [0.25, 0.3) is 0 Å². The first-order chi connectivity index (χ1) is 20.7. The molecule has 9 rings (SSSR count). The first-order valence-corrected chi connectivity index (χ1v) is 14.2. The van der Waals surface area contributed by atoms with E-state index >= 15 is 0 Å². The highest BCUT2D eigenvalue weighted by Gasteiger charge is 2.56. The lowest BCUT2D eigenvalue weighted by Crippen LogP contribution is -2.24. The Bertz CT molecular complexity index is 1980. The van der Waals surface area contributed by atoms with Crippen LogP contribution in [0.3, 0.4) is 0 Å². The maximum absolute atomic E-state index is 6.97. The smallest absolute Gasteiger partial charge is 0.125 e. The lowest BCUT2D eigenvalue weighted by Gasteiger charge is -2.29. The van der Waals surface area contributed by atoms with E-state index in [0.29, 0.717) is 0 Å². The molecule has 4 aliphatic heterocycles. The molecule has 42 heavy (non-hydrogen) atoms. The SMILES string of the molecule is COc1ccc(OC)c2c1C1OC2C2=c3\cccc\c3=c3/cccc/c3=C3/C(=C\21)C1OC3c2c(OC)ccc(OC)c21. The fraction of sp³-hybridized carbons (Fsp3) is 0.222. The van der Waals surface area contributed by atoms with Gasteiger partial charge in [-0.1, -0.05) is 48.5 Å². The number of rotatable bonds is 4. The molecule has 4 bridgehead atoms. The van der Waals surface area contributed by atoms with Crippen molar-refractivity contribution in [3.63, 3.8) is 0 Å². The van der Waals surface area contributed by atoms with Crippen molar-refractivity contribution in [3.05, 3.63) is 127 Å². The molecular formula is C36H28O6. The second-order valence-corrected chi connectivity index (χ2v) is 11.1. The Morgan fingerprint density at radius 3 is 0.976 bits per heavy atom. The number of ether oxygens (including phenoxy) is 6. The van der Waals surface area contributed by atoms with Crippen LogP contribution >= 0.6 is 0 Å². The van der Waals surface area contributed by atoms with Crippen molar-refractivity contribution in [2.45, 2.75) is 24.4 Å². The minimum atomic E-state index is -0.337. The van der Waals surface area contributed by atoms with Gasteiger partial charge in [0, 0.05) is 22.3 Å². The zero-order valence-corrected chi connectivity index (χ0v) is 23.7. The molecule has 0 radical (unpaired) electrons. The predicted molar refractivity (Wildman–Crippen MR) is 156 cm³/mol. The lowest BCUT2D eigenvalue weighted by atomic mass is 9.72. The molecule has 4 heterocycles. The van der Waals surface area contributed by atoms with Crippen LogP contribution < -0.4 is 29.4 Å². The molecule has 0 saturated carbocycles. The third-order valence-corrected chi connectivity index (χ3v) is 9.53. The van der Waals surface area contributed by atoms with E-state index in [9.17, 15) is 0 Å². The Balaban J connectivity index is 1.52. The Labute approximate surface area is 242 Å². The second kappa shape index (κ2) is 8.51. The van der Waals surface area contributed by atoms with Crippen molar-refractivity contribution in [2.24, 2.45) is 0 Å². The monoisotopic (exact) mass is 556 g/mol. The molecule has 2 fully saturated rings. The number of hydrogen-bond acceptors (Lipinski definition) is 6. The summed E-state index contributed by atoms with van der Waals surface area (Å²) in [6, 6.07) is 25.2. The summed E-state index contributed by atoms with van der Waals surface area (Å²) in [6.45, 7) is 0. The number of hydrogen-bond donors (Lipinski definition) is 0. The molecule has 5 aliphatic rings. The summed E-state index contributed by atoms with van der Waals surface area (Å²) >= 11 is 0. The molecule has 0 spiro atoms. The molecule has 0 N–H and O–H groups in total. The number of benzene rings is 4. The van der Waals surface area contributed by atoms with Crippen molar-refractivity contribution in [2.75, 3.05) is 28.4 Å². The van der Waals surface area contributed by atoms with Gasteiger partial charge in [-0.25, -0.2) is 0 Å². The fourth-order valence-corrected chi connectivity index (χ4v) is 8.00. The zero-order valence-electron chi connectivity index (χ0n) is 23.7. The van der Waals surface area contributed by atoms with E-state index in [0.717, 1.165) is 78.0 Å². The van der Waals surface area contributed by atoms with Crippen molar-refractivity contribution in [1.29, 1.82) is 0 Å². The summed E-state index contributed by atoms with van der Waals surface area (Å²) in [4.78, 5) is 0. The van der Waals surface area contributed by atoms with Crippen LogP contribution in [0, 0.1) is 10.4 Å². The van der Waals surface area contributed by atoms with Crippen LogP contribution in [-0.2, 0) is 9.47 Å². The van der Waals surface area contributed by atoms with Gasteiger partial charge in [0.15, 0.2) is 0 Å². The van der Waals surface area contributed by atoms with Crippen molar-refractivity contribution in [1.82, 2.24) is 0 Å². The quantitative estimate of drug-likeness (QED) is 0.341. The summed E-state index contributed by atoms with van der Waals surface area (Å²) in [5.41, 5.74) is 8.76. The van der Waals surface area contributed by atoms with Crippen LogP contribution in [-0.4, -0.2) is 28.4 Å². The third-order valence-electron chi connectivity index (χ3n) is 9.53. The van der Waals surface area contributed by atoms with Gasteiger partial charge in [0.05, 0.1) is 28.4 Å². The first kappa shape index (κ1) is 24.1. The lowest BCUT2D eigenvalue weighted by molar-refractivity contribution is 0.0862. The van der Waals surface area contributed by atoms with E-state index < -0.39 is 0 Å². The molecule has 0 amide bonds. The Kier molecular flexibility index (Phi) is 4.88. The van der Waals surface area contributed by atoms with Crippen molar-refractivity contribution >= 4 is 11.1 Å². The van der Waals surface area contributed by atoms with E-state index in [2.05, 4.69) is 48.5 Å². The average Bonchev–Trinajstić information content (AvgIpc) is 3.81. The molecule has 4 atom stereocenters. The second-order valence-electron chi connectivity index (χ2n) is 11.1. The largest absolute Gasteiger partial charge is 0.496 e. The van der Waals surface area contributed by atoms with E-state index in [4.69, 9.17) is 28.4 Å². The summed E-state index contributed by atoms with van der Waals surface area (Å²) < 4.78 is 37.6. The highest BCUT2D eigenvalue weighted by Crippen LogP contribution is 2.69. The van der Waals surface area contributed by atoms with Crippen molar-refractivity contribution in [3.8, 4) is 23.0 Å². The molecule has 0 aromatic heterocycles. The van der Waals surface area contributed by atoms with E-state index in [-0.39, 0.29) is 24.4 Å². The molecule has 4 unspecified atom stereocenters. The highest BCUT2D eigenvalue weighted by atomic mass is 16.5. The van der Waals surface area contributed by atoms with E-state index in [1.54, 1.807) is 28.4 Å². The number of methoxy groups -OCH3 is 4. The summed E-state index contributed by atoms with van der Waals surface area (Å²) in [7, 11) is 6.86. The van der Waals surface area contributed by atoms with Gasteiger partial charge in [-0.2, -0.15) is 0 Å². The van der Waals surface area contributed by atoms with Gasteiger partial charge in [0.1, 0.15) is 47.4 Å². The van der Waals surface area contributed by atoms with Gasteiger partial charge in [-0.05, 0) is 67.4 Å². The zero-order chi connectivity index (χ0) is 28.3. The average molecular weight is 557 g/mol. The fourth-order valence-electron chi connectivity index (χ4n) is 8.00. The Morgan fingerprint density at radius 2 is 0.667 bits per heavy atom. The normalized spacial score (nSPS) is 28.5.